The van der Waals surface area contributed by atoms with Crippen LogP contribution in [0.15, 0.2) is 0 Å². The Morgan fingerprint density at radius 2 is 1.65 bits per heavy atom. The molecule has 0 aromatic heterocycles. The molecule has 0 radical (unpaired) electrons. The molecule has 1 N–H and O–H groups in total. The van der Waals surface area contributed by atoms with Crippen LogP contribution in [0.4, 0.5) is 0 Å². The van der Waals surface area contributed by atoms with Crippen molar-refractivity contribution in [3.05, 3.63) is 0 Å². The van der Waals surface area contributed by atoms with Gasteiger partial charge in [0.15, 0.2) is 0 Å². The van der Waals surface area contributed by atoms with E-state index in [9.17, 15) is 14.7 Å². The van der Waals surface area contributed by atoms with Crippen LogP contribution in [-0.4, -0.2) is 59.0 Å². The highest BCUT2D eigenvalue weighted by Crippen LogP contribution is 2.29. The van der Waals surface area contributed by atoms with Crippen LogP contribution in [0, 0.1) is 11.8 Å². The molecule has 5 heteroatoms. The summed E-state index contributed by atoms with van der Waals surface area (Å²) in [4.78, 5) is 27.9. The third-order valence-electron chi connectivity index (χ3n) is 5.73. The Hall–Kier alpha value is -1.10. The lowest BCUT2D eigenvalue weighted by Crippen LogP contribution is -2.46. The lowest BCUT2D eigenvalue weighted by molar-refractivity contribution is -0.147. The molecular weight excluding hydrogens is 328 g/mol. The molecule has 0 aromatic carbocycles. The Labute approximate surface area is 160 Å². The summed E-state index contributed by atoms with van der Waals surface area (Å²) in [5.74, 6) is 0.437. The monoisotopic (exact) mass is 368 g/mol. The quantitative estimate of drug-likeness (QED) is 0.560. The van der Waals surface area contributed by atoms with Gasteiger partial charge >= 0.3 is 5.97 Å². The highest BCUT2D eigenvalue weighted by atomic mass is 16.4. The Balaban J connectivity index is 2.51. The summed E-state index contributed by atoms with van der Waals surface area (Å²) in [6.45, 7) is 9.73. The van der Waals surface area contributed by atoms with Crippen LogP contribution >= 0.6 is 0 Å². The molecule has 1 fully saturated rings. The molecule has 26 heavy (non-hydrogen) atoms. The summed E-state index contributed by atoms with van der Waals surface area (Å²) in [5.41, 5.74) is 0. The SMILES string of the molecule is CC(C)CCCCC(=O)N(CC(=O)O)C1CCC(CN(C)C(C)C)CC1. The maximum Gasteiger partial charge on any atom is 0.323 e. The molecule has 0 heterocycles. The van der Waals surface area contributed by atoms with Gasteiger partial charge in [-0.15, -0.1) is 0 Å². The number of rotatable bonds is 11. The third kappa shape index (κ3) is 8.52. The second kappa shape index (κ2) is 11.6. The molecule has 1 amide bonds. The molecule has 0 bridgehead atoms. The fourth-order valence-corrected chi connectivity index (χ4v) is 3.80. The first-order valence-electron chi connectivity index (χ1n) is 10.4. The Morgan fingerprint density at radius 3 is 2.15 bits per heavy atom. The van der Waals surface area contributed by atoms with E-state index in [4.69, 9.17) is 0 Å². The van der Waals surface area contributed by atoms with Gasteiger partial charge in [-0.05, 0) is 64.8 Å². The van der Waals surface area contributed by atoms with E-state index in [1.54, 1.807) is 4.90 Å². The first-order chi connectivity index (χ1) is 12.2. The van der Waals surface area contributed by atoms with E-state index in [2.05, 4.69) is 39.6 Å². The van der Waals surface area contributed by atoms with E-state index in [-0.39, 0.29) is 18.5 Å². The van der Waals surface area contributed by atoms with Crippen molar-refractivity contribution in [1.29, 1.82) is 0 Å². The topological polar surface area (TPSA) is 60.9 Å². The maximum absolute atomic E-state index is 12.6. The zero-order valence-electron chi connectivity index (χ0n) is 17.5. The summed E-state index contributed by atoms with van der Waals surface area (Å²) < 4.78 is 0. The molecular formula is C21H40N2O3. The van der Waals surface area contributed by atoms with Crippen molar-refractivity contribution in [3.63, 3.8) is 0 Å². The normalized spacial score (nSPS) is 20.8. The van der Waals surface area contributed by atoms with Gasteiger partial charge in [0.25, 0.3) is 0 Å². The highest BCUT2D eigenvalue weighted by molar-refractivity contribution is 5.81. The average Bonchev–Trinajstić information content (AvgIpc) is 2.56. The maximum atomic E-state index is 12.6. The zero-order chi connectivity index (χ0) is 19.7. The minimum absolute atomic E-state index is 0.0268. The predicted molar refractivity (Wildman–Crippen MR) is 106 cm³/mol. The molecule has 152 valence electrons. The van der Waals surface area contributed by atoms with Crippen molar-refractivity contribution in [2.45, 2.75) is 91.1 Å². The lowest BCUT2D eigenvalue weighted by atomic mass is 9.84. The second-order valence-electron chi connectivity index (χ2n) is 8.76. The van der Waals surface area contributed by atoms with Gasteiger partial charge in [0.05, 0.1) is 0 Å². The van der Waals surface area contributed by atoms with Gasteiger partial charge in [0, 0.05) is 25.0 Å². The Kier molecular flexibility index (Phi) is 10.2. The van der Waals surface area contributed by atoms with Gasteiger partial charge < -0.3 is 14.9 Å². The predicted octanol–water partition coefficient (Wildman–Crippen LogP) is 4.02. The Morgan fingerprint density at radius 1 is 1.04 bits per heavy atom. The molecule has 1 aliphatic rings. The number of hydrogen-bond donors (Lipinski definition) is 1. The molecule has 0 saturated heterocycles. The first-order valence-corrected chi connectivity index (χ1v) is 10.4. The lowest BCUT2D eigenvalue weighted by Gasteiger charge is -2.37. The first kappa shape index (κ1) is 22.9. The minimum Gasteiger partial charge on any atom is -0.480 e. The summed E-state index contributed by atoms with van der Waals surface area (Å²) in [7, 11) is 2.16. The average molecular weight is 369 g/mol. The van der Waals surface area contributed by atoms with E-state index in [0.717, 1.165) is 51.5 Å². The van der Waals surface area contributed by atoms with Crippen LogP contribution in [0.3, 0.4) is 0 Å². The fraction of sp³-hybridized carbons (Fsp3) is 0.905. The molecule has 0 aliphatic heterocycles. The number of carboxylic acids is 1. The number of nitrogens with zero attached hydrogens (tertiary/aromatic N) is 2. The summed E-state index contributed by atoms with van der Waals surface area (Å²) in [5, 5.41) is 9.24. The highest BCUT2D eigenvalue weighted by Gasteiger charge is 2.30. The number of carbonyl (C=O) groups excluding carboxylic acids is 1. The number of aliphatic carboxylic acids is 1. The minimum atomic E-state index is -0.901. The van der Waals surface area contributed by atoms with Crippen molar-refractivity contribution in [1.82, 2.24) is 9.80 Å². The zero-order valence-corrected chi connectivity index (χ0v) is 17.5. The van der Waals surface area contributed by atoms with Gasteiger partial charge in [-0.1, -0.05) is 26.7 Å². The van der Waals surface area contributed by atoms with Gasteiger partial charge in [-0.2, -0.15) is 0 Å². The van der Waals surface area contributed by atoms with Crippen molar-refractivity contribution < 1.29 is 14.7 Å². The molecule has 0 unspecified atom stereocenters. The number of carbonyl (C=O) groups is 2. The van der Waals surface area contributed by atoms with E-state index in [1.807, 2.05) is 0 Å². The fourth-order valence-electron chi connectivity index (χ4n) is 3.80. The van der Waals surface area contributed by atoms with Crippen LogP contribution in [0.5, 0.6) is 0 Å². The van der Waals surface area contributed by atoms with Gasteiger partial charge in [-0.25, -0.2) is 0 Å². The van der Waals surface area contributed by atoms with Crippen LogP contribution in [0.2, 0.25) is 0 Å². The van der Waals surface area contributed by atoms with Crippen LogP contribution in [0.1, 0.15) is 79.1 Å². The molecule has 0 aromatic rings. The van der Waals surface area contributed by atoms with Crippen LogP contribution in [-0.2, 0) is 9.59 Å². The van der Waals surface area contributed by atoms with Crippen LogP contribution in [0.25, 0.3) is 0 Å². The number of amides is 1. The van der Waals surface area contributed by atoms with Crippen molar-refractivity contribution in [3.8, 4) is 0 Å². The number of unbranched alkanes of at least 4 members (excludes halogenated alkanes) is 1. The van der Waals surface area contributed by atoms with Crippen molar-refractivity contribution in [2.75, 3.05) is 20.1 Å². The summed E-state index contributed by atoms with van der Waals surface area (Å²) in [6.07, 6.45) is 7.54. The number of hydrogen-bond acceptors (Lipinski definition) is 3. The van der Waals surface area contributed by atoms with Crippen LogP contribution < -0.4 is 0 Å². The van der Waals surface area contributed by atoms with E-state index >= 15 is 0 Å². The van der Waals surface area contributed by atoms with Crippen molar-refractivity contribution in [2.24, 2.45) is 11.8 Å². The largest absolute Gasteiger partial charge is 0.480 e. The molecule has 0 atom stereocenters. The summed E-state index contributed by atoms with van der Waals surface area (Å²) in [6, 6.07) is 0.646. The standard InChI is InChI=1S/C21H40N2O3/c1-16(2)8-6-7-9-20(24)23(15-21(25)26)19-12-10-18(11-13-19)14-22(5)17(3)4/h16-19H,6-15H2,1-5H3,(H,25,26). The third-order valence-corrected chi connectivity index (χ3v) is 5.73. The van der Waals surface area contributed by atoms with Gasteiger partial charge in [0.2, 0.25) is 5.91 Å². The van der Waals surface area contributed by atoms with Gasteiger partial charge in [0.1, 0.15) is 6.54 Å². The van der Waals surface area contributed by atoms with Crippen molar-refractivity contribution >= 4 is 11.9 Å². The molecule has 1 saturated carbocycles. The van der Waals surface area contributed by atoms with E-state index in [1.165, 1.54) is 0 Å². The Bertz CT molecular complexity index is 429. The number of carboxylic acid groups (broad SMARTS) is 1. The molecule has 1 rings (SSSR count). The summed E-state index contributed by atoms with van der Waals surface area (Å²) >= 11 is 0. The van der Waals surface area contributed by atoms with Gasteiger partial charge in [-0.3, -0.25) is 9.59 Å². The molecule has 0 spiro atoms. The second-order valence-corrected chi connectivity index (χ2v) is 8.76. The molecule has 1 aliphatic carbocycles. The smallest absolute Gasteiger partial charge is 0.323 e. The molecule has 5 nitrogen and oxygen atoms in total. The van der Waals surface area contributed by atoms with E-state index < -0.39 is 5.97 Å². The van der Waals surface area contributed by atoms with E-state index in [0.29, 0.717) is 24.3 Å².